The van der Waals surface area contributed by atoms with Crippen molar-refractivity contribution in [3.05, 3.63) is 65.6 Å². The lowest BCUT2D eigenvalue weighted by atomic mass is 9.98. The van der Waals surface area contributed by atoms with Crippen molar-refractivity contribution in [1.82, 2.24) is 9.97 Å². The number of ether oxygens (including phenoxy) is 2. The standard InChI is InChI=1S/C24H21F3N2O3S/c1-4-20-19-11-23(31-3)22(30-2)10-18(19)16(13-29-20)8-14-7-15-9-17(32-33-24(25,26)27)5-6-21(15)28-12-14/h5-7,9-13H,4,8H2,1-3H3. The summed E-state index contributed by atoms with van der Waals surface area (Å²) in [5.74, 6) is 1.37. The second-order valence-corrected chi connectivity index (χ2v) is 8.12. The fourth-order valence-corrected chi connectivity index (χ4v) is 4.01. The number of rotatable bonds is 7. The molecule has 0 aliphatic rings. The number of benzene rings is 2. The number of aromatic nitrogens is 2. The second-order valence-electron chi connectivity index (χ2n) is 7.32. The molecule has 0 aliphatic heterocycles. The van der Waals surface area contributed by atoms with E-state index in [9.17, 15) is 13.2 Å². The molecule has 0 radical (unpaired) electrons. The molecule has 2 heterocycles. The van der Waals surface area contributed by atoms with Gasteiger partial charge in [0, 0.05) is 35.3 Å². The van der Waals surface area contributed by atoms with Gasteiger partial charge in [-0.1, -0.05) is 6.92 Å². The Bertz CT molecular complexity index is 1310. The molecule has 0 spiro atoms. The average molecular weight is 475 g/mol. The lowest BCUT2D eigenvalue weighted by Gasteiger charge is -2.14. The molecule has 0 saturated heterocycles. The molecule has 0 aliphatic carbocycles. The van der Waals surface area contributed by atoms with Gasteiger partial charge in [0.15, 0.2) is 23.5 Å². The molecule has 2 aromatic heterocycles. The van der Waals surface area contributed by atoms with E-state index in [0.717, 1.165) is 34.0 Å². The van der Waals surface area contributed by atoms with Crippen molar-refractivity contribution in [2.45, 2.75) is 25.3 Å². The van der Waals surface area contributed by atoms with E-state index in [0.29, 0.717) is 28.8 Å². The maximum Gasteiger partial charge on any atom is 0.479 e. The van der Waals surface area contributed by atoms with E-state index >= 15 is 0 Å². The molecular weight excluding hydrogens is 453 g/mol. The topological polar surface area (TPSA) is 53.5 Å². The lowest BCUT2D eigenvalue weighted by molar-refractivity contribution is -0.0369. The number of pyridine rings is 2. The van der Waals surface area contributed by atoms with Crippen LogP contribution in [0, 0.1) is 0 Å². The van der Waals surface area contributed by atoms with Crippen LogP contribution in [0.25, 0.3) is 21.7 Å². The Labute approximate surface area is 193 Å². The maximum atomic E-state index is 12.4. The Morgan fingerprint density at radius 3 is 2.30 bits per heavy atom. The number of aryl methyl sites for hydroxylation is 1. The zero-order valence-electron chi connectivity index (χ0n) is 18.2. The van der Waals surface area contributed by atoms with Crippen LogP contribution in [-0.2, 0) is 12.8 Å². The third-order valence-electron chi connectivity index (χ3n) is 5.23. The zero-order valence-corrected chi connectivity index (χ0v) is 19.0. The number of methoxy groups -OCH3 is 2. The first kappa shape index (κ1) is 23.0. The highest BCUT2D eigenvalue weighted by Gasteiger charge is 2.31. The molecule has 172 valence electrons. The molecule has 4 rings (SSSR count). The van der Waals surface area contributed by atoms with Crippen LogP contribution in [0.2, 0.25) is 0 Å². The first-order valence-electron chi connectivity index (χ1n) is 10.1. The van der Waals surface area contributed by atoms with Gasteiger partial charge in [0.2, 0.25) is 0 Å². The quantitative estimate of drug-likeness (QED) is 0.285. The van der Waals surface area contributed by atoms with E-state index in [1.807, 2.05) is 31.3 Å². The smallest absolute Gasteiger partial charge is 0.479 e. The van der Waals surface area contributed by atoms with Gasteiger partial charge in [-0.25, -0.2) is 0 Å². The van der Waals surface area contributed by atoms with Crippen LogP contribution in [0.4, 0.5) is 13.2 Å². The Morgan fingerprint density at radius 2 is 1.64 bits per heavy atom. The Kier molecular flexibility index (Phi) is 6.51. The number of nitrogens with zero attached hydrogens (tertiary/aromatic N) is 2. The van der Waals surface area contributed by atoms with Crippen LogP contribution in [0.5, 0.6) is 17.2 Å². The summed E-state index contributed by atoms with van der Waals surface area (Å²) in [7, 11) is 3.19. The minimum absolute atomic E-state index is 0.111. The van der Waals surface area contributed by atoms with Crippen LogP contribution in [0.15, 0.2) is 48.8 Å². The van der Waals surface area contributed by atoms with Crippen molar-refractivity contribution < 1.29 is 26.8 Å². The van der Waals surface area contributed by atoms with E-state index in [2.05, 4.69) is 9.97 Å². The van der Waals surface area contributed by atoms with Crippen LogP contribution in [0.1, 0.15) is 23.7 Å². The van der Waals surface area contributed by atoms with Crippen molar-refractivity contribution >= 4 is 33.7 Å². The summed E-state index contributed by atoms with van der Waals surface area (Å²) < 4.78 is 53.1. The van der Waals surface area contributed by atoms with Gasteiger partial charge in [-0.2, -0.15) is 13.2 Å². The minimum atomic E-state index is -4.47. The van der Waals surface area contributed by atoms with E-state index in [1.165, 1.54) is 6.07 Å². The summed E-state index contributed by atoms with van der Waals surface area (Å²) in [6, 6.07) is 10.4. The van der Waals surface area contributed by atoms with Crippen LogP contribution >= 0.6 is 12.0 Å². The van der Waals surface area contributed by atoms with Gasteiger partial charge < -0.3 is 13.7 Å². The van der Waals surface area contributed by atoms with E-state index < -0.39 is 17.6 Å². The molecule has 0 saturated carbocycles. The molecule has 0 N–H and O–H groups in total. The molecule has 0 unspecified atom stereocenters. The van der Waals surface area contributed by atoms with Gasteiger partial charge in [0.05, 0.1) is 19.7 Å². The van der Waals surface area contributed by atoms with E-state index in [-0.39, 0.29) is 5.75 Å². The van der Waals surface area contributed by atoms with Gasteiger partial charge >= 0.3 is 5.51 Å². The van der Waals surface area contributed by atoms with Gasteiger partial charge in [0.1, 0.15) is 5.75 Å². The highest BCUT2D eigenvalue weighted by molar-refractivity contribution is 7.95. The third kappa shape index (κ3) is 5.08. The minimum Gasteiger partial charge on any atom is -0.493 e. The number of fused-ring (bicyclic) bond motifs is 2. The van der Waals surface area contributed by atoms with Crippen LogP contribution in [-0.4, -0.2) is 29.7 Å². The van der Waals surface area contributed by atoms with Gasteiger partial charge in [-0.15, -0.1) is 0 Å². The first-order chi connectivity index (χ1) is 15.8. The predicted octanol–water partition coefficient (Wildman–Crippen LogP) is 6.50. The van der Waals surface area contributed by atoms with Gasteiger partial charge in [0.25, 0.3) is 0 Å². The SMILES string of the molecule is CCc1ncc(Cc2cnc3ccc(OSC(F)(F)F)cc3c2)c2cc(OC)c(OC)cc12. The number of hydrogen-bond acceptors (Lipinski definition) is 6. The highest BCUT2D eigenvalue weighted by atomic mass is 32.2. The van der Waals surface area contributed by atoms with Crippen molar-refractivity contribution in [3.63, 3.8) is 0 Å². The second kappa shape index (κ2) is 9.35. The van der Waals surface area contributed by atoms with Crippen molar-refractivity contribution in [2.75, 3.05) is 14.2 Å². The number of hydrogen-bond donors (Lipinski definition) is 0. The summed E-state index contributed by atoms with van der Waals surface area (Å²) in [5.41, 5.74) is -0.985. The van der Waals surface area contributed by atoms with E-state index in [1.54, 1.807) is 32.5 Å². The Balaban J connectivity index is 1.71. The number of alkyl halides is 3. The summed E-state index contributed by atoms with van der Waals surface area (Å²) in [6.07, 6.45) is 4.90. The normalized spacial score (nSPS) is 11.7. The predicted molar refractivity (Wildman–Crippen MR) is 123 cm³/mol. The highest BCUT2D eigenvalue weighted by Crippen LogP contribution is 2.36. The van der Waals surface area contributed by atoms with E-state index in [4.69, 9.17) is 13.7 Å². The fraction of sp³-hybridized carbons (Fsp3) is 0.250. The molecule has 5 nitrogen and oxygen atoms in total. The molecule has 0 amide bonds. The van der Waals surface area contributed by atoms with Crippen molar-refractivity contribution in [1.29, 1.82) is 0 Å². The lowest BCUT2D eigenvalue weighted by Crippen LogP contribution is -2.02. The maximum absolute atomic E-state index is 12.4. The molecule has 0 fully saturated rings. The average Bonchev–Trinajstić information content (AvgIpc) is 2.81. The number of halogens is 3. The third-order valence-corrected chi connectivity index (χ3v) is 5.69. The Morgan fingerprint density at radius 1 is 0.909 bits per heavy atom. The fourth-order valence-electron chi connectivity index (χ4n) is 3.72. The van der Waals surface area contributed by atoms with Crippen LogP contribution in [0.3, 0.4) is 0 Å². The summed E-state index contributed by atoms with van der Waals surface area (Å²) in [4.78, 5) is 9.08. The largest absolute Gasteiger partial charge is 0.493 e. The summed E-state index contributed by atoms with van der Waals surface area (Å²) in [5, 5.41) is 2.67. The monoisotopic (exact) mass is 474 g/mol. The van der Waals surface area contributed by atoms with Gasteiger partial charge in [-0.3, -0.25) is 9.97 Å². The van der Waals surface area contributed by atoms with Crippen molar-refractivity contribution in [2.24, 2.45) is 0 Å². The molecule has 0 atom stereocenters. The molecule has 4 aromatic rings. The molecule has 33 heavy (non-hydrogen) atoms. The summed E-state index contributed by atoms with van der Waals surface area (Å²) >= 11 is -0.537. The zero-order chi connectivity index (χ0) is 23.6. The molecule has 2 aromatic carbocycles. The van der Waals surface area contributed by atoms with Crippen molar-refractivity contribution in [3.8, 4) is 17.2 Å². The van der Waals surface area contributed by atoms with Gasteiger partial charge in [-0.05, 0) is 59.3 Å². The molecule has 9 heteroatoms. The summed E-state index contributed by atoms with van der Waals surface area (Å²) in [6.45, 7) is 2.04. The Hall–Kier alpha value is -3.20. The van der Waals surface area contributed by atoms with Crippen LogP contribution < -0.4 is 13.7 Å². The molecule has 0 bridgehead atoms. The first-order valence-corrected chi connectivity index (χ1v) is 10.9. The molecular formula is C24H21F3N2O3S.